The molecule has 60 valence electrons. The van der Waals surface area contributed by atoms with Gasteiger partial charge in [-0.25, -0.2) is 4.98 Å². The van der Waals surface area contributed by atoms with Gasteiger partial charge in [0.1, 0.15) is 5.15 Å². The summed E-state index contributed by atoms with van der Waals surface area (Å²) >= 11 is 5.63. The number of pyridine rings is 1. The van der Waals surface area contributed by atoms with E-state index in [1.807, 2.05) is 13.1 Å². The van der Waals surface area contributed by atoms with Crippen LogP contribution in [0.1, 0.15) is 18.5 Å². The monoisotopic (exact) mass is 170 g/mol. The molecule has 0 radical (unpaired) electrons. The molecule has 11 heavy (non-hydrogen) atoms. The van der Waals surface area contributed by atoms with Gasteiger partial charge in [-0.15, -0.1) is 0 Å². The summed E-state index contributed by atoms with van der Waals surface area (Å²) in [6.07, 6.45) is 1.78. The molecule has 0 amide bonds. The van der Waals surface area contributed by atoms with Crippen molar-refractivity contribution in [2.24, 2.45) is 0 Å². The highest BCUT2D eigenvalue weighted by molar-refractivity contribution is 6.29. The van der Waals surface area contributed by atoms with Crippen molar-refractivity contribution >= 4 is 11.6 Å². The van der Waals surface area contributed by atoms with Gasteiger partial charge in [-0.2, -0.15) is 0 Å². The number of nitrogens with one attached hydrogen (secondary N) is 1. The Bertz CT molecular complexity index is 220. The molecule has 0 saturated carbocycles. The Hall–Kier alpha value is -0.600. The highest BCUT2D eigenvalue weighted by atomic mass is 35.5. The summed E-state index contributed by atoms with van der Waals surface area (Å²) in [7, 11) is 1.92. The summed E-state index contributed by atoms with van der Waals surface area (Å²) in [6.45, 7) is 2.07. The second-order valence-electron chi connectivity index (χ2n) is 2.42. The summed E-state index contributed by atoms with van der Waals surface area (Å²) in [5, 5.41) is 3.66. The van der Waals surface area contributed by atoms with Crippen LogP contribution in [0.5, 0.6) is 0 Å². The lowest BCUT2D eigenvalue weighted by Gasteiger charge is -2.08. The van der Waals surface area contributed by atoms with Gasteiger partial charge in [-0.05, 0) is 25.6 Å². The van der Waals surface area contributed by atoms with E-state index in [1.165, 1.54) is 0 Å². The van der Waals surface area contributed by atoms with Gasteiger partial charge >= 0.3 is 0 Å². The van der Waals surface area contributed by atoms with Gasteiger partial charge in [0.2, 0.25) is 0 Å². The molecule has 0 aliphatic heterocycles. The van der Waals surface area contributed by atoms with Crippen molar-refractivity contribution in [2.45, 2.75) is 13.0 Å². The molecule has 1 aromatic heterocycles. The lowest BCUT2D eigenvalue weighted by atomic mass is 10.1. The Morgan fingerprint density at radius 3 is 2.73 bits per heavy atom. The Kier molecular flexibility index (Phi) is 2.85. The van der Waals surface area contributed by atoms with Gasteiger partial charge in [0, 0.05) is 12.2 Å². The van der Waals surface area contributed by atoms with Crippen molar-refractivity contribution < 1.29 is 0 Å². The van der Waals surface area contributed by atoms with Crippen LogP contribution in [-0.2, 0) is 0 Å². The summed E-state index contributed by atoms with van der Waals surface area (Å²) in [6, 6.07) is 4.10. The van der Waals surface area contributed by atoms with Gasteiger partial charge < -0.3 is 5.32 Å². The number of aromatic nitrogens is 1. The van der Waals surface area contributed by atoms with Gasteiger partial charge in [0.25, 0.3) is 0 Å². The van der Waals surface area contributed by atoms with Gasteiger partial charge in [-0.3, -0.25) is 0 Å². The minimum Gasteiger partial charge on any atom is -0.313 e. The maximum Gasteiger partial charge on any atom is 0.129 e. The van der Waals surface area contributed by atoms with E-state index in [4.69, 9.17) is 11.6 Å². The maximum atomic E-state index is 5.63. The zero-order valence-corrected chi connectivity index (χ0v) is 7.39. The third-order valence-corrected chi connectivity index (χ3v) is 1.91. The van der Waals surface area contributed by atoms with Crippen molar-refractivity contribution in [3.8, 4) is 0 Å². The molecule has 0 fully saturated rings. The number of halogens is 1. The Balaban J connectivity index is 2.81. The topological polar surface area (TPSA) is 24.9 Å². The van der Waals surface area contributed by atoms with Crippen LogP contribution in [0.2, 0.25) is 5.15 Å². The first-order chi connectivity index (χ1) is 5.24. The summed E-state index contributed by atoms with van der Waals surface area (Å²) in [5.41, 5.74) is 1.15. The van der Waals surface area contributed by atoms with Crippen molar-refractivity contribution in [3.05, 3.63) is 29.0 Å². The molecule has 2 nitrogen and oxygen atoms in total. The quantitative estimate of drug-likeness (QED) is 0.687. The fourth-order valence-corrected chi connectivity index (χ4v) is 0.922. The molecule has 0 aliphatic rings. The van der Waals surface area contributed by atoms with Crippen LogP contribution in [0.15, 0.2) is 18.3 Å². The molecule has 1 N–H and O–H groups in total. The first-order valence-electron chi connectivity index (χ1n) is 3.52. The van der Waals surface area contributed by atoms with Crippen molar-refractivity contribution in [1.29, 1.82) is 0 Å². The second-order valence-corrected chi connectivity index (χ2v) is 2.81. The third kappa shape index (κ3) is 2.17. The fraction of sp³-hybridized carbons (Fsp3) is 0.375. The molecule has 0 bridgehead atoms. The highest BCUT2D eigenvalue weighted by Gasteiger charge is 2.00. The van der Waals surface area contributed by atoms with Crippen LogP contribution in [0, 0.1) is 0 Å². The standard InChI is InChI=1S/C8H11ClN2/c1-6(10-2)7-3-4-8(9)11-5-7/h3-6,10H,1-2H3/t6-/m0/s1. The number of hydrogen-bond donors (Lipinski definition) is 1. The zero-order chi connectivity index (χ0) is 8.27. The van der Waals surface area contributed by atoms with Crippen molar-refractivity contribution in [1.82, 2.24) is 10.3 Å². The van der Waals surface area contributed by atoms with Crippen molar-refractivity contribution in [2.75, 3.05) is 7.05 Å². The van der Waals surface area contributed by atoms with E-state index in [0.717, 1.165) is 5.56 Å². The molecular weight excluding hydrogens is 160 g/mol. The van der Waals surface area contributed by atoms with E-state index in [1.54, 1.807) is 12.3 Å². The largest absolute Gasteiger partial charge is 0.313 e. The summed E-state index contributed by atoms with van der Waals surface area (Å²) in [5.74, 6) is 0. The highest BCUT2D eigenvalue weighted by Crippen LogP contribution is 2.12. The summed E-state index contributed by atoms with van der Waals surface area (Å²) in [4.78, 5) is 3.97. The van der Waals surface area contributed by atoms with Crippen molar-refractivity contribution in [3.63, 3.8) is 0 Å². The molecule has 0 saturated heterocycles. The molecule has 1 heterocycles. The minimum absolute atomic E-state index is 0.333. The first-order valence-corrected chi connectivity index (χ1v) is 3.90. The van der Waals surface area contributed by atoms with E-state index in [0.29, 0.717) is 11.2 Å². The lowest BCUT2D eigenvalue weighted by Crippen LogP contribution is -2.12. The molecule has 0 spiro atoms. The number of rotatable bonds is 2. The van der Waals surface area contributed by atoms with E-state index in [-0.39, 0.29) is 0 Å². The third-order valence-electron chi connectivity index (χ3n) is 1.68. The van der Waals surface area contributed by atoms with E-state index >= 15 is 0 Å². The average Bonchev–Trinajstić information content (AvgIpc) is 2.05. The van der Waals surface area contributed by atoms with Gasteiger partial charge in [0.05, 0.1) is 0 Å². The minimum atomic E-state index is 0.333. The number of hydrogen-bond acceptors (Lipinski definition) is 2. The molecule has 3 heteroatoms. The smallest absolute Gasteiger partial charge is 0.129 e. The molecule has 0 aliphatic carbocycles. The molecule has 0 unspecified atom stereocenters. The number of nitrogens with zero attached hydrogens (tertiary/aromatic N) is 1. The molecule has 1 atom stereocenters. The fourth-order valence-electron chi connectivity index (χ4n) is 0.810. The van der Waals surface area contributed by atoms with E-state index < -0.39 is 0 Å². The predicted molar refractivity (Wildman–Crippen MR) is 46.7 cm³/mol. The average molecular weight is 171 g/mol. The van der Waals surface area contributed by atoms with Crippen LogP contribution in [0.4, 0.5) is 0 Å². The van der Waals surface area contributed by atoms with Crippen LogP contribution in [0.3, 0.4) is 0 Å². The van der Waals surface area contributed by atoms with Crippen LogP contribution in [-0.4, -0.2) is 12.0 Å². The van der Waals surface area contributed by atoms with Gasteiger partial charge in [-0.1, -0.05) is 17.7 Å². The zero-order valence-electron chi connectivity index (χ0n) is 6.63. The molecule has 1 aromatic rings. The van der Waals surface area contributed by atoms with Crippen LogP contribution in [0.25, 0.3) is 0 Å². The normalized spacial score (nSPS) is 13.0. The Morgan fingerprint density at radius 2 is 2.27 bits per heavy atom. The van der Waals surface area contributed by atoms with Crippen LogP contribution < -0.4 is 5.32 Å². The molecule has 1 rings (SSSR count). The predicted octanol–water partition coefficient (Wildman–Crippen LogP) is 2.02. The van der Waals surface area contributed by atoms with Crippen LogP contribution >= 0.6 is 11.6 Å². The molecule has 0 aromatic carbocycles. The Morgan fingerprint density at radius 1 is 1.55 bits per heavy atom. The van der Waals surface area contributed by atoms with E-state index in [9.17, 15) is 0 Å². The first kappa shape index (κ1) is 8.50. The molecular formula is C8H11ClN2. The van der Waals surface area contributed by atoms with E-state index in [2.05, 4.69) is 17.2 Å². The second kappa shape index (κ2) is 3.69. The Labute approximate surface area is 71.6 Å². The summed E-state index contributed by atoms with van der Waals surface area (Å²) < 4.78 is 0. The van der Waals surface area contributed by atoms with Gasteiger partial charge in [0.15, 0.2) is 0 Å². The SMILES string of the molecule is CN[C@@H](C)c1ccc(Cl)nc1. The maximum absolute atomic E-state index is 5.63. The lowest BCUT2D eigenvalue weighted by molar-refractivity contribution is 0.649.